The minimum atomic E-state index is -0.342. The van der Waals surface area contributed by atoms with Crippen molar-refractivity contribution in [3.8, 4) is 17.4 Å². The van der Waals surface area contributed by atoms with Gasteiger partial charge in [0, 0.05) is 12.4 Å². The van der Waals surface area contributed by atoms with Gasteiger partial charge in [-0.05, 0) is 18.2 Å². The van der Waals surface area contributed by atoms with Gasteiger partial charge in [-0.1, -0.05) is 0 Å². The first kappa shape index (κ1) is 13.8. The predicted molar refractivity (Wildman–Crippen MR) is 71.6 cm³/mol. The highest BCUT2D eigenvalue weighted by atomic mass is 16.5. The van der Waals surface area contributed by atoms with Crippen LogP contribution in [0.4, 0.5) is 0 Å². The lowest BCUT2D eigenvalue weighted by molar-refractivity contribution is 0.102. The predicted octanol–water partition coefficient (Wildman–Crippen LogP) is 1.73. The van der Waals surface area contributed by atoms with E-state index in [1.54, 1.807) is 18.2 Å². The van der Waals surface area contributed by atoms with Gasteiger partial charge < -0.3 is 14.2 Å². The summed E-state index contributed by atoms with van der Waals surface area (Å²) < 4.78 is 15.4. The Kier molecular flexibility index (Phi) is 4.14. The van der Waals surface area contributed by atoms with Crippen LogP contribution in [0.15, 0.2) is 30.6 Å². The topological polar surface area (TPSA) is 70.5 Å². The number of ether oxygens (including phenoxy) is 3. The molecule has 0 aliphatic rings. The molecule has 0 fully saturated rings. The molecule has 104 valence electrons. The Bertz CT molecular complexity index is 628. The molecule has 0 radical (unpaired) electrons. The van der Waals surface area contributed by atoms with E-state index in [2.05, 4.69) is 9.97 Å². The molecule has 0 N–H and O–H groups in total. The van der Waals surface area contributed by atoms with Gasteiger partial charge in [-0.15, -0.1) is 0 Å². The highest BCUT2D eigenvalue weighted by Crippen LogP contribution is 2.27. The minimum Gasteiger partial charge on any atom is -0.497 e. The average molecular weight is 274 g/mol. The lowest BCUT2D eigenvalue weighted by Crippen LogP contribution is -2.09. The van der Waals surface area contributed by atoms with Crippen molar-refractivity contribution in [2.45, 2.75) is 0 Å². The van der Waals surface area contributed by atoms with Crippen LogP contribution in [0.5, 0.6) is 17.4 Å². The number of rotatable bonds is 5. The monoisotopic (exact) mass is 274 g/mol. The average Bonchev–Trinajstić information content (AvgIpc) is 2.53. The van der Waals surface area contributed by atoms with E-state index in [-0.39, 0.29) is 17.4 Å². The normalized spacial score (nSPS) is 9.95. The summed E-state index contributed by atoms with van der Waals surface area (Å²) in [5, 5.41) is 0. The van der Waals surface area contributed by atoms with E-state index in [4.69, 9.17) is 14.2 Å². The van der Waals surface area contributed by atoms with E-state index in [0.29, 0.717) is 17.1 Å². The van der Waals surface area contributed by atoms with Gasteiger partial charge in [0.05, 0.1) is 26.9 Å². The number of hydrogen-bond acceptors (Lipinski definition) is 6. The molecule has 20 heavy (non-hydrogen) atoms. The van der Waals surface area contributed by atoms with Crippen LogP contribution >= 0.6 is 0 Å². The molecular weight excluding hydrogens is 260 g/mol. The molecule has 6 heteroatoms. The maximum Gasteiger partial charge on any atom is 0.243 e. The van der Waals surface area contributed by atoms with Gasteiger partial charge in [0.1, 0.15) is 11.5 Å². The Hall–Kier alpha value is -2.63. The SMILES string of the molecule is COc1ccc(OC)c(C(=O)c2nccnc2OC)c1. The van der Waals surface area contributed by atoms with Crippen molar-refractivity contribution < 1.29 is 19.0 Å². The molecule has 0 unspecified atom stereocenters. The van der Waals surface area contributed by atoms with Gasteiger partial charge in [-0.2, -0.15) is 0 Å². The van der Waals surface area contributed by atoms with E-state index < -0.39 is 0 Å². The molecule has 2 rings (SSSR count). The first-order valence-corrected chi connectivity index (χ1v) is 5.83. The van der Waals surface area contributed by atoms with Gasteiger partial charge in [0.15, 0.2) is 5.69 Å². The van der Waals surface area contributed by atoms with Crippen LogP contribution in [0.25, 0.3) is 0 Å². The zero-order valence-electron chi connectivity index (χ0n) is 11.4. The second kappa shape index (κ2) is 6.01. The Morgan fingerprint density at radius 1 is 1.00 bits per heavy atom. The van der Waals surface area contributed by atoms with Crippen LogP contribution in [0.1, 0.15) is 16.1 Å². The van der Waals surface area contributed by atoms with Crippen molar-refractivity contribution in [3.05, 3.63) is 41.9 Å². The minimum absolute atomic E-state index is 0.126. The smallest absolute Gasteiger partial charge is 0.243 e. The van der Waals surface area contributed by atoms with E-state index in [1.165, 1.54) is 33.7 Å². The second-order valence-electron chi connectivity index (χ2n) is 3.81. The van der Waals surface area contributed by atoms with Crippen molar-refractivity contribution in [2.24, 2.45) is 0 Å². The van der Waals surface area contributed by atoms with E-state index >= 15 is 0 Å². The summed E-state index contributed by atoms with van der Waals surface area (Å²) in [5.74, 6) is 0.814. The van der Waals surface area contributed by atoms with Crippen LogP contribution < -0.4 is 14.2 Å². The molecule has 0 aliphatic heterocycles. The number of methoxy groups -OCH3 is 3. The van der Waals surface area contributed by atoms with Crippen LogP contribution in [-0.2, 0) is 0 Å². The Morgan fingerprint density at radius 3 is 2.40 bits per heavy atom. The summed E-state index contributed by atoms with van der Waals surface area (Å²) in [6, 6.07) is 4.97. The number of carbonyl (C=O) groups excluding carboxylic acids is 1. The van der Waals surface area contributed by atoms with Crippen molar-refractivity contribution in [1.82, 2.24) is 9.97 Å². The summed E-state index contributed by atoms with van der Waals surface area (Å²) in [4.78, 5) is 20.5. The summed E-state index contributed by atoms with van der Waals surface area (Å²) in [6.45, 7) is 0. The van der Waals surface area contributed by atoms with Crippen molar-refractivity contribution in [1.29, 1.82) is 0 Å². The molecule has 1 aromatic heterocycles. The number of ketones is 1. The standard InChI is InChI=1S/C14H14N2O4/c1-18-9-4-5-11(19-2)10(8-9)13(17)12-14(20-3)16-7-6-15-12/h4-8H,1-3H3. The third-order valence-electron chi connectivity index (χ3n) is 2.72. The molecule has 0 saturated heterocycles. The lowest BCUT2D eigenvalue weighted by Gasteiger charge is -2.10. The third-order valence-corrected chi connectivity index (χ3v) is 2.72. The fourth-order valence-corrected chi connectivity index (χ4v) is 1.75. The van der Waals surface area contributed by atoms with Crippen LogP contribution in [0.3, 0.4) is 0 Å². The van der Waals surface area contributed by atoms with Gasteiger partial charge in [-0.3, -0.25) is 4.79 Å². The number of carbonyl (C=O) groups is 1. The first-order chi connectivity index (χ1) is 9.71. The fraction of sp³-hybridized carbons (Fsp3) is 0.214. The van der Waals surface area contributed by atoms with Crippen LogP contribution in [-0.4, -0.2) is 37.1 Å². The molecular formula is C14H14N2O4. The third kappa shape index (κ3) is 2.54. The molecule has 0 atom stereocenters. The van der Waals surface area contributed by atoms with Gasteiger partial charge in [0.25, 0.3) is 0 Å². The van der Waals surface area contributed by atoms with Gasteiger partial charge in [-0.25, -0.2) is 9.97 Å². The van der Waals surface area contributed by atoms with Crippen LogP contribution in [0.2, 0.25) is 0 Å². The lowest BCUT2D eigenvalue weighted by atomic mass is 10.1. The number of nitrogens with zero attached hydrogens (tertiary/aromatic N) is 2. The molecule has 0 spiro atoms. The van der Waals surface area contributed by atoms with Crippen molar-refractivity contribution in [2.75, 3.05) is 21.3 Å². The van der Waals surface area contributed by atoms with Gasteiger partial charge >= 0.3 is 0 Å². The maximum absolute atomic E-state index is 12.6. The van der Waals surface area contributed by atoms with E-state index in [1.807, 2.05) is 0 Å². The highest BCUT2D eigenvalue weighted by Gasteiger charge is 2.21. The highest BCUT2D eigenvalue weighted by molar-refractivity contribution is 6.11. The summed E-state index contributed by atoms with van der Waals surface area (Å²) in [6.07, 6.45) is 2.89. The molecule has 1 aromatic carbocycles. The fourth-order valence-electron chi connectivity index (χ4n) is 1.75. The zero-order chi connectivity index (χ0) is 14.5. The molecule has 0 saturated carbocycles. The quantitative estimate of drug-likeness (QED) is 0.773. The number of benzene rings is 1. The number of hydrogen-bond donors (Lipinski definition) is 0. The summed E-state index contributed by atoms with van der Waals surface area (Å²) >= 11 is 0. The molecule has 0 amide bonds. The molecule has 2 aromatic rings. The number of aromatic nitrogens is 2. The maximum atomic E-state index is 12.6. The summed E-state index contributed by atoms with van der Waals surface area (Å²) in [7, 11) is 4.45. The van der Waals surface area contributed by atoms with Crippen molar-refractivity contribution in [3.63, 3.8) is 0 Å². The summed E-state index contributed by atoms with van der Waals surface area (Å²) in [5.41, 5.74) is 0.465. The molecule has 0 aliphatic carbocycles. The van der Waals surface area contributed by atoms with Crippen LogP contribution in [0, 0.1) is 0 Å². The van der Waals surface area contributed by atoms with Crippen molar-refractivity contribution >= 4 is 5.78 Å². The Balaban J connectivity index is 2.52. The zero-order valence-corrected chi connectivity index (χ0v) is 11.4. The van der Waals surface area contributed by atoms with E-state index in [9.17, 15) is 4.79 Å². The largest absolute Gasteiger partial charge is 0.497 e. The van der Waals surface area contributed by atoms with Gasteiger partial charge in [0.2, 0.25) is 11.7 Å². The first-order valence-electron chi connectivity index (χ1n) is 5.83. The Morgan fingerprint density at radius 2 is 1.75 bits per heavy atom. The second-order valence-corrected chi connectivity index (χ2v) is 3.81. The Labute approximate surface area is 116 Å². The molecule has 6 nitrogen and oxygen atoms in total. The molecule has 1 heterocycles. The molecule has 0 bridgehead atoms. The van der Waals surface area contributed by atoms with E-state index in [0.717, 1.165) is 0 Å².